The zero-order chi connectivity index (χ0) is 14.7. The molecule has 0 unspecified atom stereocenters. The maximum atomic E-state index is 11.7. The van der Waals surface area contributed by atoms with Gasteiger partial charge >= 0.3 is 6.09 Å². The molecule has 1 saturated heterocycles. The Kier molecular flexibility index (Phi) is 4.19. The number of hydrogen-bond acceptors (Lipinski definition) is 3. The van der Waals surface area contributed by atoms with Crippen molar-refractivity contribution < 1.29 is 14.3 Å². The van der Waals surface area contributed by atoms with Gasteiger partial charge in [0.15, 0.2) is 0 Å². The van der Waals surface area contributed by atoms with Crippen molar-refractivity contribution in [1.82, 2.24) is 4.90 Å². The quantitative estimate of drug-likeness (QED) is 0.778. The van der Waals surface area contributed by atoms with Gasteiger partial charge in [-0.15, -0.1) is 0 Å². The van der Waals surface area contributed by atoms with E-state index in [0.29, 0.717) is 18.3 Å². The standard InChI is InChI=1S/C16H19NO3/c1-11(2)14-10-20-16(18)17(14)9-8-13-12(3)6-5-7-15(13)19-4/h5-7,11,14H,10H2,1-4H3/t14-/m0/s1. The molecule has 1 aromatic carbocycles. The van der Waals surface area contributed by atoms with E-state index in [1.165, 1.54) is 4.90 Å². The van der Waals surface area contributed by atoms with Crippen LogP contribution in [0.25, 0.3) is 0 Å². The Morgan fingerprint density at radius 3 is 2.85 bits per heavy atom. The van der Waals surface area contributed by atoms with E-state index in [2.05, 4.69) is 25.8 Å². The second-order valence-electron chi connectivity index (χ2n) is 5.15. The molecule has 2 rings (SSSR count). The first-order chi connectivity index (χ1) is 9.54. The molecule has 1 aliphatic heterocycles. The molecule has 20 heavy (non-hydrogen) atoms. The van der Waals surface area contributed by atoms with Crippen LogP contribution in [0.3, 0.4) is 0 Å². The molecular weight excluding hydrogens is 254 g/mol. The molecule has 0 spiro atoms. The molecule has 4 heteroatoms. The number of aryl methyl sites for hydroxylation is 1. The van der Waals surface area contributed by atoms with Gasteiger partial charge in [-0.2, -0.15) is 0 Å². The highest BCUT2D eigenvalue weighted by Gasteiger charge is 2.34. The lowest BCUT2D eigenvalue weighted by Crippen LogP contribution is -2.33. The Morgan fingerprint density at radius 1 is 1.45 bits per heavy atom. The van der Waals surface area contributed by atoms with Crippen LogP contribution < -0.4 is 4.74 Å². The van der Waals surface area contributed by atoms with Gasteiger partial charge in [-0.05, 0) is 30.4 Å². The molecule has 1 fully saturated rings. The van der Waals surface area contributed by atoms with Crippen LogP contribution >= 0.6 is 0 Å². The Hall–Kier alpha value is -2.15. The van der Waals surface area contributed by atoms with Gasteiger partial charge in [0.1, 0.15) is 12.4 Å². The fourth-order valence-corrected chi connectivity index (χ4v) is 2.14. The van der Waals surface area contributed by atoms with Gasteiger partial charge in [-0.25, -0.2) is 9.69 Å². The third kappa shape index (κ3) is 2.72. The Bertz CT molecular complexity index is 569. The van der Waals surface area contributed by atoms with E-state index in [9.17, 15) is 4.79 Å². The van der Waals surface area contributed by atoms with Gasteiger partial charge < -0.3 is 9.47 Å². The number of cyclic esters (lactones) is 1. The summed E-state index contributed by atoms with van der Waals surface area (Å²) >= 11 is 0. The molecule has 0 aliphatic carbocycles. The van der Waals surface area contributed by atoms with E-state index >= 15 is 0 Å². The van der Waals surface area contributed by atoms with Gasteiger partial charge in [-0.1, -0.05) is 26.0 Å². The minimum absolute atomic E-state index is 0.00464. The van der Waals surface area contributed by atoms with Crippen molar-refractivity contribution >= 4 is 6.09 Å². The van der Waals surface area contributed by atoms with Crippen molar-refractivity contribution in [2.24, 2.45) is 5.92 Å². The average Bonchev–Trinajstić information content (AvgIpc) is 2.78. The zero-order valence-corrected chi connectivity index (χ0v) is 12.3. The summed E-state index contributed by atoms with van der Waals surface area (Å²) in [6, 6.07) is 8.67. The smallest absolute Gasteiger partial charge is 0.422 e. The van der Waals surface area contributed by atoms with Gasteiger partial charge in [0.2, 0.25) is 0 Å². The highest BCUT2D eigenvalue weighted by molar-refractivity contribution is 5.73. The lowest BCUT2D eigenvalue weighted by Gasteiger charge is -2.18. The summed E-state index contributed by atoms with van der Waals surface area (Å²) in [6.45, 7) is 6.47. The third-order valence-electron chi connectivity index (χ3n) is 3.43. The summed E-state index contributed by atoms with van der Waals surface area (Å²) in [7, 11) is 1.61. The Balaban J connectivity index is 2.33. The lowest BCUT2D eigenvalue weighted by molar-refractivity contribution is 0.167. The normalized spacial score (nSPS) is 17.8. The molecule has 0 N–H and O–H groups in total. The third-order valence-corrected chi connectivity index (χ3v) is 3.43. The number of carbonyl (C=O) groups excluding carboxylic acids is 1. The molecule has 1 aliphatic rings. The van der Waals surface area contributed by atoms with E-state index in [4.69, 9.17) is 9.47 Å². The van der Waals surface area contributed by atoms with Crippen molar-refractivity contribution in [3.63, 3.8) is 0 Å². The monoisotopic (exact) mass is 273 g/mol. The molecule has 0 radical (unpaired) electrons. The molecule has 0 aromatic heterocycles. The van der Waals surface area contributed by atoms with E-state index in [0.717, 1.165) is 11.1 Å². The van der Waals surface area contributed by atoms with Crippen molar-refractivity contribution in [2.75, 3.05) is 13.7 Å². The molecule has 0 bridgehead atoms. The first kappa shape index (κ1) is 14.3. The van der Waals surface area contributed by atoms with Gasteiger partial charge in [0, 0.05) is 6.04 Å². The van der Waals surface area contributed by atoms with Crippen molar-refractivity contribution in [3.05, 3.63) is 29.3 Å². The van der Waals surface area contributed by atoms with Crippen LogP contribution in [0.2, 0.25) is 0 Å². The van der Waals surface area contributed by atoms with Crippen LogP contribution in [0.1, 0.15) is 25.0 Å². The van der Waals surface area contributed by atoms with Crippen LogP contribution in [0.5, 0.6) is 5.75 Å². The number of methoxy groups -OCH3 is 1. The number of ether oxygens (including phenoxy) is 2. The number of amides is 1. The number of rotatable bonds is 2. The number of benzene rings is 1. The molecule has 1 amide bonds. The van der Waals surface area contributed by atoms with E-state index in [-0.39, 0.29) is 12.1 Å². The Labute approximate surface area is 119 Å². The Morgan fingerprint density at radius 2 is 2.20 bits per heavy atom. The summed E-state index contributed by atoms with van der Waals surface area (Å²) in [5.41, 5.74) is 1.82. The predicted molar refractivity (Wildman–Crippen MR) is 76.4 cm³/mol. The fraction of sp³-hybridized carbons (Fsp3) is 0.438. The number of hydrogen-bond donors (Lipinski definition) is 0. The molecular formula is C16H19NO3. The van der Waals surface area contributed by atoms with E-state index in [1.807, 2.05) is 25.1 Å². The minimum Gasteiger partial charge on any atom is -0.495 e. The van der Waals surface area contributed by atoms with E-state index in [1.54, 1.807) is 7.11 Å². The first-order valence-electron chi connectivity index (χ1n) is 6.66. The SMILES string of the molecule is COc1cccc(C)c1C#CN1C(=O)OC[C@H]1C(C)C. The van der Waals surface area contributed by atoms with Crippen LogP contribution in [0.4, 0.5) is 4.79 Å². The highest BCUT2D eigenvalue weighted by Crippen LogP contribution is 2.22. The number of nitrogens with zero attached hydrogens (tertiary/aromatic N) is 1. The van der Waals surface area contributed by atoms with Gasteiger partial charge in [0.05, 0.1) is 18.7 Å². The molecule has 1 heterocycles. The van der Waals surface area contributed by atoms with Gasteiger partial charge in [-0.3, -0.25) is 0 Å². The van der Waals surface area contributed by atoms with Crippen LogP contribution in [-0.2, 0) is 4.74 Å². The average molecular weight is 273 g/mol. The molecule has 4 nitrogen and oxygen atoms in total. The zero-order valence-electron chi connectivity index (χ0n) is 12.3. The summed E-state index contributed by atoms with van der Waals surface area (Å²) < 4.78 is 10.4. The molecule has 0 saturated carbocycles. The topological polar surface area (TPSA) is 38.8 Å². The van der Waals surface area contributed by atoms with Crippen molar-refractivity contribution in [3.8, 4) is 17.7 Å². The van der Waals surface area contributed by atoms with Crippen LogP contribution in [0, 0.1) is 24.8 Å². The first-order valence-corrected chi connectivity index (χ1v) is 6.66. The summed E-state index contributed by atoms with van der Waals surface area (Å²) in [4.78, 5) is 13.2. The summed E-state index contributed by atoms with van der Waals surface area (Å²) in [5.74, 6) is 4.05. The molecule has 1 aromatic rings. The maximum Gasteiger partial charge on any atom is 0.422 e. The molecule has 106 valence electrons. The van der Waals surface area contributed by atoms with Crippen molar-refractivity contribution in [1.29, 1.82) is 0 Å². The van der Waals surface area contributed by atoms with Crippen LogP contribution in [0.15, 0.2) is 18.2 Å². The fourth-order valence-electron chi connectivity index (χ4n) is 2.14. The predicted octanol–water partition coefficient (Wildman–Crippen LogP) is 2.79. The summed E-state index contributed by atoms with van der Waals surface area (Å²) in [5, 5.41) is 0. The van der Waals surface area contributed by atoms with Crippen LogP contribution in [-0.4, -0.2) is 30.8 Å². The minimum atomic E-state index is -0.372. The second kappa shape index (κ2) is 5.87. The largest absolute Gasteiger partial charge is 0.495 e. The van der Waals surface area contributed by atoms with Gasteiger partial charge in [0.25, 0.3) is 0 Å². The number of carbonyl (C=O) groups is 1. The lowest BCUT2D eigenvalue weighted by atomic mass is 10.1. The summed E-state index contributed by atoms with van der Waals surface area (Å²) in [6.07, 6.45) is -0.372. The van der Waals surface area contributed by atoms with E-state index < -0.39 is 0 Å². The highest BCUT2D eigenvalue weighted by atomic mass is 16.6. The molecule has 1 atom stereocenters. The maximum absolute atomic E-state index is 11.7. The van der Waals surface area contributed by atoms with Crippen molar-refractivity contribution in [2.45, 2.75) is 26.8 Å². The second-order valence-corrected chi connectivity index (χ2v) is 5.15.